The predicted molar refractivity (Wildman–Crippen MR) is 77.1 cm³/mol. The summed E-state index contributed by atoms with van der Waals surface area (Å²) in [7, 11) is 0. The normalized spacial score (nSPS) is 10.1. The van der Waals surface area contributed by atoms with Gasteiger partial charge in [0.2, 0.25) is 5.43 Å². The van der Waals surface area contributed by atoms with E-state index in [0.29, 0.717) is 12.2 Å². The van der Waals surface area contributed by atoms with Crippen LogP contribution in [0.1, 0.15) is 16.2 Å². The van der Waals surface area contributed by atoms with E-state index in [4.69, 9.17) is 0 Å². The first-order valence-electron chi connectivity index (χ1n) is 6.19. The zero-order valence-corrected chi connectivity index (χ0v) is 11.2. The number of nitrogens with zero attached hydrogens (tertiary/aromatic N) is 2. The Kier molecular flexibility index (Phi) is 4.10. The Balaban J connectivity index is 2.48. The minimum absolute atomic E-state index is 0.124. The summed E-state index contributed by atoms with van der Waals surface area (Å²) in [4.78, 5) is 23.8. The van der Waals surface area contributed by atoms with Crippen molar-refractivity contribution in [2.75, 3.05) is 6.54 Å². The fourth-order valence-electron chi connectivity index (χ4n) is 1.78. The number of amides is 1. The summed E-state index contributed by atoms with van der Waals surface area (Å²) < 4.78 is 1.57. The van der Waals surface area contributed by atoms with Gasteiger partial charge in [-0.05, 0) is 19.1 Å². The van der Waals surface area contributed by atoms with Gasteiger partial charge in [-0.25, -0.2) is 4.68 Å². The van der Waals surface area contributed by atoms with Crippen LogP contribution in [0.2, 0.25) is 0 Å². The van der Waals surface area contributed by atoms with Gasteiger partial charge in [-0.2, -0.15) is 5.10 Å². The van der Waals surface area contributed by atoms with Crippen molar-refractivity contribution in [3.05, 3.63) is 70.7 Å². The number of aryl methyl sites for hydroxylation is 1. The maximum atomic E-state index is 11.9. The van der Waals surface area contributed by atoms with E-state index in [1.54, 1.807) is 17.7 Å². The SMILES string of the molecule is C=CCNC(=O)c1nn(-c2ccccc2)c(C)cc1=O. The molecule has 0 atom stereocenters. The van der Waals surface area contributed by atoms with Crippen LogP contribution in [-0.4, -0.2) is 22.2 Å². The molecule has 2 rings (SSSR count). The smallest absolute Gasteiger partial charge is 0.276 e. The molecule has 0 saturated heterocycles. The number of aromatic nitrogens is 2. The second-order valence-electron chi connectivity index (χ2n) is 4.24. The highest BCUT2D eigenvalue weighted by atomic mass is 16.2. The number of rotatable bonds is 4. The maximum Gasteiger partial charge on any atom is 0.276 e. The van der Waals surface area contributed by atoms with Gasteiger partial charge in [-0.15, -0.1) is 6.58 Å². The molecule has 0 spiro atoms. The van der Waals surface area contributed by atoms with Gasteiger partial charge in [0.1, 0.15) is 0 Å². The summed E-state index contributed by atoms with van der Waals surface area (Å²) >= 11 is 0. The summed E-state index contributed by atoms with van der Waals surface area (Å²) in [6.45, 7) is 5.57. The standard InChI is InChI=1S/C15H15N3O2/c1-3-9-16-15(20)14-13(19)10-11(2)18(17-14)12-7-5-4-6-8-12/h3-8,10H,1,9H2,2H3,(H,16,20). The Hall–Kier alpha value is -2.69. The second-order valence-corrected chi connectivity index (χ2v) is 4.24. The molecule has 0 aliphatic rings. The Morgan fingerprint density at radius 1 is 1.40 bits per heavy atom. The maximum absolute atomic E-state index is 11.9. The minimum Gasteiger partial charge on any atom is -0.347 e. The van der Waals surface area contributed by atoms with Gasteiger partial charge >= 0.3 is 0 Å². The Bertz CT molecular complexity index is 690. The lowest BCUT2D eigenvalue weighted by Gasteiger charge is -2.10. The van der Waals surface area contributed by atoms with Gasteiger partial charge in [0.25, 0.3) is 5.91 Å². The van der Waals surface area contributed by atoms with Crippen LogP contribution in [0.4, 0.5) is 0 Å². The zero-order valence-electron chi connectivity index (χ0n) is 11.2. The van der Waals surface area contributed by atoms with E-state index < -0.39 is 11.3 Å². The number of hydrogen-bond acceptors (Lipinski definition) is 3. The topological polar surface area (TPSA) is 64.0 Å². The molecule has 1 aromatic carbocycles. The number of hydrogen-bond donors (Lipinski definition) is 1. The van der Waals surface area contributed by atoms with E-state index >= 15 is 0 Å². The molecular formula is C15H15N3O2. The molecule has 2 aromatic rings. The van der Waals surface area contributed by atoms with Crippen molar-refractivity contribution in [2.24, 2.45) is 0 Å². The van der Waals surface area contributed by atoms with Crippen LogP contribution in [0, 0.1) is 6.92 Å². The summed E-state index contributed by atoms with van der Waals surface area (Å²) in [5.74, 6) is -0.500. The van der Waals surface area contributed by atoms with Crippen molar-refractivity contribution in [2.45, 2.75) is 6.92 Å². The number of carbonyl (C=O) groups is 1. The van der Waals surface area contributed by atoms with Gasteiger partial charge in [0, 0.05) is 18.3 Å². The molecule has 0 fully saturated rings. The Morgan fingerprint density at radius 3 is 2.75 bits per heavy atom. The van der Waals surface area contributed by atoms with Crippen molar-refractivity contribution < 1.29 is 4.79 Å². The fourth-order valence-corrected chi connectivity index (χ4v) is 1.78. The highest BCUT2D eigenvalue weighted by Gasteiger charge is 2.14. The molecule has 102 valence electrons. The molecule has 5 nitrogen and oxygen atoms in total. The molecule has 0 bridgehead atoms. The van der Waals surface area contributed by atoms with Crippen molar-refractivity contribution in [1.82, 2.24) is 15.1 Å². The molecule has 1 N–H and O–H groups in total. The fraction of sp³-hybridized carbons (Fsp3) is 0.133. The summed E-state index contributed by atoms with van der Waals surface area (Å²) in [5.41, 5.74) is 0.946. The lowest BCUT2D eigenvalue weighted by atomic mass is 10.2. The molecule has 0 unspecified atom stereocenters. The number of para-hydroxylation sites is 1. The summed E-state index contributed by atoms with van der Waals surface area (Å²) in [5, 5.41) is 6.71. The first-order chi connectivity index (χ1) is 9.63. The largest absolute Gasteiger partial charge is 0.347 e. The number of benzene rings is 1. The van der Waals surface area contributed by atoms with Gasteiger partial charge < -0.3 is 5.32 Å². The molecule has 0 aliphatic heterocycles. The van der Waals surface area contributed by atoms with Crippen molar-refractivity contribution >= 4 is 5.91 Å². The quantitative estimate of drug-likeness (QED) is 0.855. The lowest BCUT2D eigenvalue weighted by molar-refractivity contribution is 0.0950. The second kappa shape index (κ2) is 5.97. The molecule has 5 heteroatoms. The number of nitrogens with one attached hydrogen (secondary N) is 1. The van der Waals surface area contributed by atoms with Crippen LogP contribution in [0.5, 0.6) is 0 Å². The Morgan fingerprint density at radius 2 is 2.10 bits per heavy atom. The van der Waals surface area contributed by atoms with Gasteiger partial charge in [-0.1, -0.05) is 24.3 Å². The third-order valence-electron chi connectivity index (χ3n) is 2.73. The molecule has 1 amide bonds. The average molecular weight is 269 g/mol. The average Bonchev–Trinajstić information content (AvgIpc) is 2.46. The van der Waals surface area contributed by atoms with E-state index in [1.807, 2.05) is 30.3 Å². The first-order valence-corrected chi connectivity index (χ1v) is 6.19. The van der Waals surface area contributed by atoms with Crippen molar-refractivity contribution in [1.29, 1.82) is 0 Å². The van der Waals surface area contributed by atoms with Crippen LogP contribution in [-0.2, 0) is 0 Å². The van der Waals surface area contributed by atoms with Gasteiger partial charge in [0.05, 0.1) is 5.69 Å². The highest BCUT2D eigenvalue weighted by molar-refractivity contribution is 5.92. The first kappa shape index (κ1) is 13.7. The summed E-state index contributed by atoms with van der Waals surface area (Å²) in [6.07, 6.45) is 1.54. The number of carbonyl (C=O) groups excluding carboxylic acids is 1. The zero-order chi connectivity index (χ0) is 14.5. The van der Waals surface area contributed by atoms with Crippen LogP contribution in [0.25, 0.3) is 5.69 Å². The van der Waals surface area contributed by atoms with Crippen LogP contribution >= 0.6 is 0 Å². The summed E-state index contributed by atoms with van der Waals surface area (Å²) in [6, 6.07) is 10.7. The molecule has 20 heavy (non-hydrogen) atoms. The third kappa shape index (κ3) is 2.83. The van der Waals surface area contributed by atoms with E-state index in [-0.39, 0.29) is 5.69 Å². The van der Waals surface area contributed by atoms with Crippen LogP contribution < -0.4 is 10.7 Å². The third-order valence-corrected chi connectivity index (χ3v) is 2.73. The molecular weight excluding hydrogens is 254 g/mol. The molecule has 0 aliphatic carbocycles. The van der Waals surface area contributed by atoms with E-state index in [1.165, 1.54) is 6.07 Å². The molecule has 1 aromatic heterocycles. The van der Waals surface area contributed by atoms with Crippen LogP contribution in [0.15, 0.2) is 53.8 Å². The van der Waals surface area contributed by atoms with E-state index in [0.717, 1.165) is 5.69 Å². The minimum atomic E-state index is -0.500. The molecule has 1 heterocycles. The van der Waals surface area contributed by atoms with Gasteiger partial charge in [0.15, 0.2) is 5.69 Å². The van der Waals surface area contributed by atoms with E-state index in [2.05, 4.69) is 17.0 Å². The lowest BCUT2D eigenvalue weighted by Crippen LogP contribution is -2.32. The van der Waals surface area contributed by atoms with E-state index in [9.17, 15) is 9.59 Å². The van der Waals surface area contributed by atoms with Gasteiger partial charge in [-0.3, -0.25) is 9.59 Å². The molecule has 0 radical (unpaired) electrons. The highest BCUT2D eigenvalue weighted by Crippen LogP contribution is 2.07. The Labute approximate surface area is 116 Å². The van der Waals surface area contributed by atoms with Crippen molar-refractivity contribution in [3.63, 3.8) is 0 Å². The van der Waals surface area contributed by atoms with Crippen LogP contribution in [0.3, 0.4) is 0 Å². The van der Waals surface area contributed by atoms with Crippen molar-refractivity contribution in [3.8, 4) is 5.69 Å². The predicted octanol–water partition coefficient (Wildman–Crippen LogP) is 1.46. The molecule has 0 saturated carbocycles. The monoisotopic (exact) mass is 269 g/mol.